The molecule has 0 spiro atoms. The first-order valence-electron chi connectivity index (χ1n) is 15.0. The molecule has 4 fully saturated rings. The molecule has 4 rings (SSSR count). The molecule has 196 valence electrons. The van der Waals surface area contributed by atoms with Crippen molar-refractivity contribution in [2.24, 2.45) is 64.1 Å². The standard InChI is InChI=1S/C32H55ClO/c1-8-23(20(2)3)10-9-21(4)26-13-14-27-24-11-12-28-25(19-22(5)33)30(34)16-18-32(28,7)29(24)15-17-31(26,27)6/h20-21,23-30,34H,5,8-19H2,1-4,6-7H3/t21-,23-,24+,25+,26-,27+,28?,29+,30-,31-,32+/m1/s1. The van der Waals surface area contributed by atoms with E-state index < -0.39 is 0 Å². The number of hydrogen-bond donors (Lipinski definition) is 1. The molecule has 34 heavy (non-hydrogen) atoms. The highest BCUT2D eigenvalue weighted by atomic mass is 35.5. The Balaban J connectivity index is 1.48. The van der Waals surface area contributed by atoms with Crippen LogP contribution in [-0.2, 0) is 0 Å². The van der Waals surface area contributed by atoms with Gasteiger partial charge in [0, 0.05) is 5.03 Å². The third-order valence-electron chi connectivity index (χ3n) is 12.6. The normalized spacial score (nSPS) is 45.9. The number of hydrogen-bond acceptors (Lipinski definition) is 1. The summed E-state index contributed by atoms with van der Waals surface area (Å²) in [5.41, 5.74) is 0.942. The largest absolute Gasteiger partial charge is 0.393 e. The molecule has 2 heteroatoms. The predicted molar refractivity (Wildman–Crippen MR) is 147 cm³/mol. The van der Waals surface area contributed by atoms with E-state index in [1.807, 2.05) is 0 Å². The van der Waals surface area contributed by atoms with Gasteiger partial charge < -0.3 is 5.11 Å². The van der Waals surface area contributed by atoms with Gasteiger partial charge in [-0.2, -0.15) is 0 Å². The number of rotatable bonds is 8. The predicted octanol–water partition coefficient (Wildman–Crippen LogP) is 9.47. The van der Waals surface area contributed by atoms with Gasteiger partial charge in [-0.25, -0.2) is 0 Å². The average Bonchev–Trinajstić information content (AvgIpc) is 3.13. The molecule has 11 atom stereocenters. The smallest absolute Gasteiger partial charge is 0.0575 e. The molecule has 0 saturated heterocycles. The van der Waals surface area contributed by atoms with Crippen molar-refractivity contribution >= 4 is 11.6 Å². The van der Waals surface area contributed by atoms with Gasteiger partial charge in [-0.15, -0.1) is 0 Å². The highest BCUT2D eigenvalue weighted by Gasteiger charge is 2.61. The van der Waals surface area contributed by atoms with Crippen molar-refractivity contribution in [3.63, 3.8) is 0 Å². The molecular weight excluding hydrogens is 436 g/mol. The fraction of sp³-hybridized carbons (Fsp3) is 0.938. The van der Waals surface area contributed by atoms with Crippen LogP contribution in [0.25, 0.3) is 0 Å². The van der Waals surface area contributed by atoms with E-state index in [2.05, 4.69) is 48.1 Å². The maximum Gasteiger partial charge on any atom is 0.0575 e. The third-order valence-corrected chi connectivity index (χ3v) is 12.8. The zero-order chi connectivity index (χ0) is 24.8. The molecule has 4 aliphatic carbocycles. The van der Waals surface area contributed by atoms with Crippen molar-refractivity contribution in [3.05, 3.63) is 11.6 Å². The first-order valence-corrected chi connectivity index (χ1v) is 15.4. The van der Waals surface area contributed by atoms with Crippen LogP contribution in [0.2, 0.25) is 0 Å². The number of halogens is 1. The minimum absolute atomic E-state index is 0.187. The van der Waals surface area contributed by atoms with Crippen molar-refractivity contribution in [2.45, 2.75) is 125 Å². The lowest BCUT2D eigenvalue weighted by Gasteiger charge is -2.63. The maximum atomic E-state index is 10.9. The Hall–Kier alpha value is -0.0100. The highest BCUT2D eigenvalue weighted by Crippen LogP contribution is 2.69. The number of aliphatic hydroxyl groups is 1. The lowest BCUT2D eigenvalue weighted by atomic mass is 9.43. The van der Waals surface area contributed by atoms with Crippen LogP contribution in [0.5, 0.6) is 0 Å². The van der Waals surface area contributed by atoms with Gasteiger partial charge in [0.2, 0.25) is 0 Å². The monoisotopic (exact) mass is 490 g/mol. The molecule has 0 aromatic heterocycles. The van der Waals surface area contributed by atoms with Crippen LogP contribution in [0.4, 0.5) is 0 Å². The van der Waals surface area contributed by atoms with Gasteiger partial charge in [-0.05, 0) is 128 Å². The van der Waals surface area contributed by atoms with Gasteiger partial charge in [0.1, 0.15) is 0 Å². The molecule has 1 nitrogen and oxygen atoms in total. The first kappa shape index (κ1) is 27.0. The van der Waals surface area contributed by atoms with Gasteiger partial charge >= 0.3 is 0 Å². The molecule has 1 unspecified atom stereocenters. The Morgan fingerprint density at radius 3 is 2.21 bits per heavy atom. The third kappa shape index (κ3) is 4.68. The summed E-state index contributed by atoms with van der Waals surface area (Å²) in [6.07, 6.45) is 15.5. The Bertz CT molecular complexity index is 716. The van der Waals surface area contributed by atoms with Crippen LogP contribution in [0.1, 0.15) is 119 Å². The van der Waals surface area contributed by atoms with Gasteiger partial charge in [-0.1, -0.05) is 72.6 Å². The summed E-state index contributed by atoms with van der Waals surface area (Å²) in [5.74, 6) is 7.15. The molecule has 4 saturated carbocycles. The van der Waals surface area contributed by atoms with Gasteiger partial charge in [0.25, 0.3) is 0 Å². The number of fused-ring (bicyclic) bond motifs is 5. The zero-order valence-corrected chi connectivity index (χ0v) is 24.0. The lowest BCUT2D eigenvalue weighted by molar-refractivity contribution is -0.152. The molecule has 0 aliphatic heterocycles. The first-order chi connectivity index (χ1) is 16.0. The summed E-state index contributed by atoms with van der Waals surface area (Å²) >= 11 is 6.29. The number of aliphatic hydroxyl groups excluding tert-OH is 1. The van der Waals surface area contributed by atoms with Crippen molar-refractivity contribution in [3.8, 4) is 0 Å². The Kier molecular flexibility index (Phi) is 8.27. The van der Waals surface area contributed by atoms with E-state index in [1.165, 1.54) is 64.2 Å². The second-order valence-corrected chi connectivity index (χ2v) is 14.8. The van der Waals surface area contributed by atoms with Crippen LogP contribution in [0.3, 0.4) is 0 Å². The van der Waals surface area contributed by atoms with Crippen molar-refractivity contribution in [2.75, 3.05) is 0 Å². The number of allylic oxidation sites excluding steroid dienone is 1. The van der Waals surface area contributed by atoms with Crippen LogP contribution < -0.4 is 0 Å². The second-order valence-electron chi connectivity index (χ2n) is 14.3. The van der Waals surface area contributed by atoms with E-state index >= 15 is 0 Å². The molecule has 4 aliphatic rings. The molecule has 1 N–H and O–H groups in total. The zero-order valence-electron chi connectivity index (χ0n) is 23.3. The van der Waals surface area contributed by atoms with E-state index in [0.717, 1.165) is 59.3 Å². The summed E-state index contributed by atoms with van der Waals surface area (Å²) in [4.78, 5) is 0. The minimum atomic E-state index is -0.187. The van der Waals surface area contributed by atoms with E-state index in [9.17, 15) is 5.11 Å². The summed E-state index contributed by atoms with van der Waals surface area (Å²) in [6.45, 7) is 19.1. The van der Waals surface area contributed by atoms with E-state index in [1.54, 1.807) is 0 Å². The molecular formula is C32H55ClO. The topological polar surface area (TPSA) is 20.2 Å². The van der Waals surface area contributed by atoms with Crippen LogP contribution in [0, 0.1) is 64.1 Å². The average molecular weight is 491 g/mol. The fourth-order valence-electron chi connectivity index (χ4n) is 10.7. The van der Waals surface area contributed by atoms with E-state index in [4.69, 9.17) is 11.6 Å². The lowest BCUT2D eigenvalue weighted by Crippen LogP contribution is -2.56. The van der Waals surface area contributed by atoms with Crippen LogP contribution >= 0.6 is 11.6 Å². The quantitative estimate of drug-likeness (QED) is 0.359. The van der Waals surface area contributed by atoms with Crippen molar-refractivity contribution < 1.29 is 5.11 Å². The molecule has 0 aromatic carbocycles. The Morgan fingerprint density at radius 1 is 0.912 bits per heavy atom. The van der Waals surface area contributed by atoms with Crippen molar-refractivity contribution in [1.29, 1.82) is 0 Å². The van der Waals surface area contributed by atoms with Gasteiger partial charge in [-0.3, -0.25) is 0 Å². The molecule has 0 heterocycles. The van der Waals surface area contributed by atoms with E-state index in [0.29, 0.717) is 22.7 Å². The summed E-state index contributed by atoms with van der Waals surface area (Å²) in [6, 6.07) is 0. The van der Waals surface area contributed by atoms with Crippen LogP contribution in [-0.4, -0.2) is 11.2 Å². The SMILES string of the molecule is C=C(Cl)C[C@H]1C2CC[C@H]3[C@@H]4CC[C@H]([C@H](C)CC[C@@H](CC)C(C)C)[C@@]4(C)CC[C@@H]3[C@@]2(C)CC[C@H]1O. The molecule has 0 radical (unpaired) electrons. The van der Waals surface area contributed by atoms with Crippen LogP contribution in [0.15, 0.2) is 11.6 Å². The second kappa shape index (κ2) is 10.4. The summed E-state index contributed by atoms with van der Waals surface area (Å²) in [5, 5.41) is 11.6. The Labute approximate surface area is 216 Å². The minimum Gasteiger partial charge on any atom is -0.393 e. The fourth-order valence-corrected chi connectivity index (χ4v) is 10.9. The van der Waals surface area contributed by atoms with E-state index in [-0.39, 0.29) is 6.10 Å². The molecule has 0 bridgehead atoms. The maximum absolute atomic E-state index is 10.9. The highest BCUT2D eigenvalue weighted by molar-refractivity contribution is 6.29. The summed E-state index contributed by atoms with van der Waals surface area (Å²) < 4.78 is 0. The van der Waals surface area contributed by atoms with Gasteiger partial charge in [0.05, 0.1) is 6.10 Å². The molecule has 0 aromatic rings. The van der Waals surface area contributed by atoms with Gasteiger partial charge in [0.15, 0.2) is 0 Å². The summed E-state index contributed by atoms with van der Waals surface area (Å²) in [7, 11) is 0. The molecule has 0 amide bonds. The van der Waals surface area contributed by atoms with Crippen molar-refractivity contribution in [1.82, 2.24) is 0 Å². The Morgan fingerprint density at radius 2 is 1.56 bits per heavy atom.